The van der Waals surface area contributed by atoms with Crippen LogP contribution in [0.5, 0.6) is 5.75 Å². The van der Waals surface area contributed by atoms with E-state index in [9.17, 15) is 18.0 Å². The summed E-state index contributed by atoms with van der Waals surface area (Å²) < 4.78 is 43.1. The number of halogens is 3. The molecule has 2 aromatic rings. The van der Waals surface area contributed by atoms with Gasteiger partial charge >= 0.3 is 6.18 Å². The van der Waals surface area contributed by atoms with Crippen molar-refractivity contribution in [1.29, 1.82) is 0 Å². The summed E-state index contributed by atoms with van der Waals surface area (Å²) in [6.07, 6.45) is -0.618. The highest BCUT2D eigenvalue weighted by atomic mass is 19.4. The van der Waals surface area contributed by atoms with E-state index >= 15 is 0 Å². The Morgan fingerprint density at radius 1 is 1.12 bits per heavy atom. The SMILES string of the molecule is CCCOc1ccccc1/C=C/C(=O)Nc1ccc(C(F)(F)F)cc1. The number of hydrogen-bond acceptors (Lipinski definition) is 2. The fraction of sp³-hybridized carbons (Fsp3) is 0.211. The summed E-state index contributed by atoms with van der Waals surface area (Å²) in [6.45, 7) is 2.57. The van der Waals surface area contributed by atoms with Gasteiger partial charge in [-0.1, -0.05) is 25.1 Å². The summed E-state index contributed by atoms with van der Waals surface area (Å²) in [6, 6.07) is 11.6. The molecule has 0 bridgehead atoms. The van der Waals surface area contributed by atoms with Gasteiger partial charge < -0.3 is 10.1 Å². The van der Waals surface area contributed by atoms with Gasteiger partial charge in [0.1, 0.15) is 5.75 Å². The molecule has 25 heavy (non-hydrogen) atoms. The first-order valence-corrected chi connectivity index (χ1v) is 7.78. The molecule has 1 amide bonds. The molecule has 0 radical (unpaired) electrons. The normalized spacial score (nSPS) is 11.5. The van der Waals surface area contributed by atoms with Gasteiger partial charge in [-0.25, -0.2) is 0 Å². The van der Waals surface area contributed by atoms with Crippen LogP contribution in [0.2, 0.25) is 0 Å². The molecular formula is C19H18F3NO2. The maximum atomic E-state index is 12.5. The lowest BCUT2D eigenvalue weighted by molar-refractivity contribution is -0.137. The Morgan fingerprint density at radius 3 is 2.44 bits per heavy atom. The number of hydrogen-bond donors (Lipinski definition) is 1. The molecule has 132 valence electrons. The van der Waals surface area contributed by atoms with Crippen LogP contribution in [0.25, 0.3) is 6.08 Å². The summed E-state index contributed by atoms with van der Waals surface area (Å²) in [7, 11) is 0. The lowest BCUT2D eigenvalue weighted by Crippen LogP contribution is -2.09. The van der Waals surface area contributed by atoms with Crippen LogP contribution in [0.3, 0.4) is 0 Å². The number of ether oxygens (including phenoxy) is 1. The van der Waals surface area contributed by atoms with E-state index in [0.29, 0.717) is 12.4 Å². The Morgan fingerprint density at radius 2 is 1.80 bits per heavy atom. The molecule has 0 aliphatic rings. The van der Waals surface area contributed by atoms with Crippen LogP contribution in [0, 0.1) is 0 Å². The van der Waals surface area contributed by atoms with Crippen LogP contribution < -0.4 is 10.1 Å². The quantitative estimate of drug-likeness (QED) is 0.733. The standard InChI is InChI=1S/C19H18F3NO2/c1-2-13-25-17-6-4-3-5-14(17)7-12-18(24)23-16-10-8-15(9-11-16)19(20,21)22/h3-12H,2,13H2,1H3,(H,23,24)/b12-7+. The third-order valence-corrected chi connectivity index (χ3v) is 3.27. The minimum atomic E-state index is -4.40. The van der Waals surface area contributed by atoms with Crippen molar-refractivity contribution < 1.29 is 22.7 Å². The van der Waals surface area contributed by atoms with Crippen LogP contribution in [0.15, 0.2) is 54.6 Å². The average molecular weight is 349 g/mol. The first kappa shape index (κ1) is 18.6. The Kier molecular flexibility index (Phi) is 6.22. The second kappa shape index (κ2) is 8.37. The molecule has 0 spiro atoms. The van der Waals surface area contributed by atoms with E-state index in [2.05, 4.69) is 5.32 Å². The van der Waals surface area contributed by atoms with E-state index in [0.717, 1.165) is 24.1 Å². The summed E-state index contributed by atoms with van der Waals surface area (Å²) >= 11 is 0. The fourth-order valence-electron chi connectivity index (χ4n) is 2.05. The van der Waals surface area contributed by atoms with Crippen LogP contribution in [-0.4, -0.2) is 12.5 Å². The number of alkyl halides is 3. The Hall–Kier alpha value is -2.76. The van der Waals surface area contributed by atoms with Crippen molar-refractivity contribution in [2.75, 3.05) is 11.9 Å². The van der Waals surface area contributed by atoms with E-state index in [-0.39, 0.29) is 5.69 Å². The molecule has 0 unspecified atom stereocenters. The molecular weight excluding hydrogens is 331 g/mol. The van der Waals surface area contributed by atoms with Gasteiger partial charge in [-0.05, 0) is 42.8 Å². The van der Waals surface area contributed by atoms with E-state index in [1.807, 2.05) is 31.2 Å². The highest BCUT2D eigenvalue weighted by Gasteiger charge is 2.29. The van der Waals surface area contributed by atoms with Gasteiger partial charge in [0.15, 0.2) is 0 Å². The van der Waals surface area contributed by atoms with Crippen LogP contribution in [0.1, 0.15) is 24.5 Å². The first-order chi connectivity index (χ1) is 11.9. The van der Waals surface area contributed by atoms with Crippen molar-refractivity contribution in [3.05, 3.63) is 65.7 Å². The number of anilines is 1. The highest BCUT2D eigenvalue weighted by molar-refractivity contribution is 6.02. The lowest BCUT2D eigenvalue weighted by Gasteiger charge is -2.08. The van der Waals surface area contributed by atoms with Gasteiger partial charge in [0.25, 0.3) is 0 Å². The lowest BCUT2D eigenvalue weighted by atomic mass is 10.2. The zero-order chi connectivity index (χ0) is 18.3. The van der Waals surface area contributed by atoms with Crippen LogP contribution >= 0.6 is 0 Å². The molecule has 0 saturated heterocycles. The number of para-hydroxylation sites is 1. The molecule has 0 atom stereocenters. The van der Waals surface area contributed by atoms with Gasteiger partial charge in [0, 0.05) is 17.3 Å². The fourth-order valence-corrected chi connectivity index (χ4v) is 2.05. The topological polar surface area (TPSA) is 38.3 Å². The monoisotopic (exact) mass is 349 g/mol. The Balaban J connectivity index is 2.02. The Labute approximate surface area is 144 Å². The van der Waals surface area contributed by atoms with E-state index in [1.54, 1.807) is 6.08 Å². The zero-order valence-electron chi connectivity index (χ0n) is 13.6. The number of carbonyl (C=O) groups is 1. The van der Waals surface area contributed by atoms with E-state index in [1.165, 1.54) is 18.2 Å². The van der Waals surface area contributed by atoms with Crippen LogP contribution in [0.4, 0.5) is 18.9 Å². The second-order valence-corrected chi connectivity index (χ2v) is 5.28. The van der Waals surface area contributed by atoms with Gasteiger partial charge in [-0.3, -0.25) is 4.79 Å². The first-order valence-electron chi connectivity index (χ1n) is 7.78. The summed E-state index contributed by atoms with van der Waals surface area (Å²) in [5, 5.41) is 2.52. The number of amides is 1. The van der Waals surface area contributed by atoms with Crippen molar-refractivity contribution >= 4 is 17.7 Å². The summed E-state index contributed by atoms with van der Waals surface area (Å²) in [4.78, 5) is 11.9. The third-order valence-electron chi connectivity index (χ3n) is 3.27. The zero-order valence-corrected chi connectivity index (χ0v) is 13.6. The maximum Gasteiger partial charge on any atom is 0.416 e. The van der Waals surface area contributed by atoms with Crippen LogP contribution in [-0.2, 0) is 11.0 Å². The smallest absolute Gasteiger partial charge is 0.416 e. The largest absolute Gasteiger partial charge is 0.493 e. The molecule has 0 aliphatic heterocycles. The predicted octanol–water partition coefficient (Wildman–Crippen LogP) is 5.15. The number of rotatable bonds is 6. The van der Waals surface area contributed by atoms with Gasteiger partial charge in [0.2, 0.25) is 5.91 Å². The van der Waals surface area contributed by atoms with E-state index in [4.69, 9.17) is 4.74 Å². The number of carbonyl (C=O) groups excluding carboxylic acids is 1. The highest BCUT2D eigenvalue weighted by Crippen LogP contribution is 2.29. The van der Waals surface area contributed by atoms with Crippen molar-refractivity contribution in [2.45, 2.75) is 19.5 Å². The maximum absolute atomic E-state index is 12.5. The van der Waals surface area contributed by atoms with Crippen molar-refractivity contribution in [1.82, 2.24) is 0 Å². The third kappa shape index (κ3) is 5.67. The number of benzene rings is 2. The molecule has 2 aromatic carbocycles. The predicted molar refractivity (Wildman–Crippen MR) is 91.3 cm³/mol. The number of nitrogens with one attached hydrogen (secondary N) is 1. The van der Waals surface area contributed by atoms with Gasteiger partial charge in [-0.2, -0.15) is 13.2 Å². The molecule has 1 N–H and O–H groups in total. The van der Waals surface area contributed by atoms with Crippen molar-refractivity contribution in [3.8, 4) is 5.75 Å². The molecule has 2 rings (SSSR count). The van der Waals surface area contributed by atoms with Crippen molar-refractivity contribution in [2.24, 2.45) is 0 Å². The van der Waals surface area contributed by atoms with E-state index < -0.39 is 17.6 Å². The minimum Gasteiger partial charge on any atom is -0.493 e. The molecule has 0 fully saturated rings. The Bertz CT molecular complexity index is 737. The average Bonchev–Trinajstić information content (AvgIpc) is 2.58. The van der Waals surface area contributed by atoms with Gasteiger partial charge in [-0.15, -0.1) is 0 Å². The summed E-state index contributed by atoms with van der Waals surface area (Å²) in [5.41, 5.74) is 0.278. The minimum absolute atomic E-state index is 0.290. The molecule has 0 aromatic heterocycles. The second-order valence-electron chi connectivity index (χ2n) is 5.28. The molecule has 0 heterocycles. The molecule has 3 nitrogen and oxygen atoms in total. The molecule has 0 aliphatic carbocycles. The molecule has 6 heteroatoms. The summed E-state index contributed by atoms with van der Waals surface area (Å²) in [5.74, 6) is 0.230. The van der Waals surface area contributed by atoms with Crippen molar-refractivity contribution in [3.63, 3.8) is 0 Å². The van der Waals surface area contributed by atoms with Gasteiger partial charge in [0.05, 0.1) is 12.2 Å². The molecule has 0 saturated carbocycles.